The number of aromatic nitrogens is 3. The van der Waals surface area contributed by atoms with Gasteiger partial charge >= 0.3 is 5.97 Å². The number of benzene rings is 1. The first kappa shape index (κ1) is 23.6. The standard InChI is InChI=1S/C25H29N5O4/c1-24(2,31)10-9-18-7-6-8-21(13-18)25(32,33)34-22-14-19(15-27-23(22)26)20-16-28-30(17-20)29-11-4-3-5-12-29/h6-8,13-17,31-33H,3-5,11-12H2,1-2H3,(H2,26,27). The minimum atomic E-state index is -2.68. The summed E-state index contributed by atoms with van der Waals surface area (Å²) in [4.78, 5) is 5.99. The van der Waals surface area contributed by atoms with E-state index < -0.39 is 11.6 Å². The van der Waals surface area contributed by atoms with Gasteiger partial charge in [-0.25, -0.2) is 4.98 Å². The molecule has 0 amide bonds. The van der Waals surface area contributed by atoms with Crippen LogP contribution >= 0.6 is 0 Å². The van der Waals surface area contributed by atoms with Gasteiger partial charge in [-0.2, -0.15) is 9.89 Å². The van der Waals surface area contributed by atoms with Crippen LogP contribution in [0.3, 0.4) is 0 Å². The fourth-order valence-corrected chi connectivity index (χ4v) is 3.63. The maximum atomic E-state index is 10.7. The van der Waals surface area contributed by atoms with Crippen LogP contribution in [-0.4, -0.2) is 48.9 Å². The van der Waals surface area contributed by atoms with E-state index in [0.29, 0.717) is 11.1 Å². The average molecular weight is 464 g/mol. The Kier molecular flexibility index (Phi) is 6.48. The maximum absolute atomic E-state index is 10.7. The van der Waals surface area contributed by atoms with Crippen molar-refractivity contribution in [2.24, 2.45) is 0 Å². The molecule has 34 heavy (non-hydrogen) atoms. The molecule has 0 spiro atoms. The van der Waals surface area contributed by atoms with Crippen LogP contribution < -0.4 is 15.5 Å². The maximum Gasteiger partial charge on any atom is 0.351 e. The average Bonchev–Trinajstić information content (AvgIpc) is 3.30. The molecule has 0 unspecified atom stereocenters. The number of pyridine rings is 1. The summed E-state index contributed by atoms with van der Waals surface area (Å²) in [7, 11) is 0. The molecule has 5 N–H and O–H groups in total. The first-order chi connectivity index (χ1) is 16.1. The molecule has 0 aliphatic carbocycles. The van der Waals surface area contributed by atoms with E-state index in [9.17, 15) is 15.3 Å². The lowest BCUT2D eigenvalue weighted by molar-refractivity contribution is -0.303. The van der Waals surface area contributed by atoms with Crippen LogP contribution in [0.25, 0.3) is 11.1 Å². The van der Waals surface area contributed by atoms with E-state index in [4.69, 9.17) is 10.5 Å². The van der Waals surface area contributed by atoms with Gasteiger partial charge in [-0.3, -0.25) is 5.01 Å². The van der Waals surface area contributed by atoms with E-state index in [1.54, 1.807) is 44.4 Å². The van der Waals surface area contributed by atoms with Gasteiger partial charge < -0.3 is 25.8 Å². The highest BCUT2D eigenvalue weighted by molar-refractivity contribution is 5.66. The van der Waals surface area contributed by atoms with Crippen molar-refractivity contribution in [2.45, 2.75) is 44.7 Å². The van der Waals surface area contributed by atoms with Crippen LogP contribution in [0, 0.1) is 11.8 Å². The molecule has 4 rings (SSSR count). The lowest BCUT2D eigenvalue weighted by atomic mass is 10.1. The molecule has 1 aromatic carbocycles. The third kappa shape index (κ3) is 5.66. The number of anilines is 1. The highest BCUT2D eigenvalue weighted by Crippen LogP contribution is 2.31. The van der Waals surface area contributed by atoms with Crippen LogP contribution in [0.15, 0.2) is 48.9 Å². The second kappa shape index (κ2) is 9.35. The highest BCUT2D eigenvalue weighted by atomic mass is 16.8. The molecule has 0 saturated carbocycles. The summed E-state index contributed by atoms with van der Waals surface area (Å²) >= 11 is 0. The summed E-state index contributed by atoms with van der Waals surface area (Å²) in [6, 6.07) is 7.86. The largest absolute Gasteiger partial charge is 0.432 e. The van der Waals surface area contributed by atoms with Gasteiger partial charge in [-0.05, 0) is 57.4 Å². The van der Waals surface area contributed by atoms with E-state index in [2.05, 4.69) is 26.9 Å². The van der Waals surface area contributed by atoms with Crippen LogP contribution in [0.4, 0.5) is 5.82 Å². The Labute approximate surface area is 198 Å². The SMILES string of the molecule is CC(C)(O)C#Cc1cccc(C(O)(O)Oc2cc(-c3cnn(N4CCCCC4)c3)cnc2N)c1. The Bertz CT molecular complexity index is 1210. The predicted molar refractivity (Wildman–Crippen MR) is 128 cm³/mol. The molecular weight excluding hydrogens is 434 g/mol. The molecule has 1 saturated heterocycles. The van der Waals surface area contributed by atoms with Gasteiger partial charge in [0.05, 0.1) is 18.0 Å². The van der Waals surface area contributed by atoms with E-state index in [0.717, 1.165) is 31.5 Å². The monoisotopic (exact) mass is 463 g/mol. The molecule has 178 valence electrons. The van der Waals surface area contributed by atoms with Gasteiger partial charge in [-0.1, -0.05) is 17.9 Å². The quantitative estimate of drug-likeness (QED) is 0.334. The Morgan fingerprint density at radius 1 is 1.03 bits per heavy atom. The van der Waals surface area contributed by atoms with Gasteiger partial charge in [0.25, 0.3) is 0 Å². The van der Waals surface area contributed by atoms with Crippen LogP contribution in [0.5, 0.6) is 5.75 Å². The Hall–Kier alpha value is -3.58. The van der Waals surface area contributed by atoms with Gasteiger partial charge in [-0.15, -0.1) is 0 Å². The molecule has 3 heterocycles. The summed E-state index contributed by atoms with van der Waals surface area (Å²) in [5, 5.41) is 37.8. The number of aliphatic hydroxyl groups is 3. The molecule has 9 nitrogen and oxygen atoms in total. The number of nitrogen functional groups attached to an aromatic ring is 1. The Morgan fingerprint density at radius 3 is 2.53 bits per heavy atom. The van der Waals surface area contributed by atoms with Crippen molar-refractivity contribution in [1.82, 2.24) is 14.9 Å². The molecular formula is C25H29N5O4. The van der Waals surface area contributed by atoms with Crippen molar-refractivity contribution >= 4 is 5.82 Å². The topological polar surface area (TPSA) is 130 Å². The second-order valence-electron chi connectivity index (χ2n) is 8.87. The van der Waals surface area contributed by atoms with E-state index >= 15 is 0 Å². The molecule has 0 bridgehead atoms. The summed E-state index contributed by atoms with van der Waals surface area (Å²) in [6.07, 6.45) is 8.71. The number of nitrogens with zero attached hydrogens (tertiary/aromatic N) is 4. The summed E-state index contributed by atoms with van der Waals surface area (Å²) in [6.45, 7) is 5.03. The first-order valence-corrected chi connectivity index (χ1v) is 11.2. The van der Waals surface area contributed by atoms with Crippen molar-refractivity contribution in [1.29, 1.82) is 0 Å². The summed E-state index contributed by atoms with van der Waals surface area (Å²) in [5.41, 5.74) is 6.80. The van der Waals surface area contributed by atoms with Gasteiger partial charge in [0.1, 0.15) is 5.60 Å². The zero-order valence-electron chi connectivity index (χ0n) is 19.3. The zero-order chi connectivity index (χ0) is 24.3. The van der Waals surface area contributed by atoms with Crippen LogP contribution in [-0.2, 0) is 5.97 Å². The Morgan fingerprint density at radius 2 is 1.79 bits per heavy atom. The van der Waals surface area contributed by atoms with Crippen molar-refractivity contribution in [2.75, 3.05) is 23.8 Å². The molecule has 1 aliphatic rings. The summed E-state index contributed by atoms with van der Waals surface area (Å²) < 4.78 is 5.49. The van der Waals surface area contributed by atoms with Gasteiger partial charge in [0.2, 0.25) is 0 Å². The number of nitrogens with two attached hydrogens (primary N) is 1. The number of piperidine rings is 1. The van der Waals surface area contributed by atoms with Crippen LogP contribution in [0.2, 0.25) is 0 Å². The third-order valence-electron chi connectivity index (χ3n) is 5.41. The lowest BCUT2D eigenvalue weighted by Gasteiger charge is -2.28. The molecule has 9 heteroatoms. The normalized spacial score (nSPS) is 14.4. The van der Waals surface area contributed by atoms with Gasteiger partial charge in [0, 0.05) is 36.0 Å². The summed E-state index contributed by atoms with van der Waals surface area (Å²) in [5.74, 6) is 2.84. The smallest absolute Gasteiger partial charge is 0.351 e. The van der Waals surface area contributed by atoms with Crippen molar-refractivity contribution in [3.05, 3.63) is 60.0 Å². The molecule has 2 aromatic heterocycles. The minimum Gasteiger partial charge on any atom is -0.432 e. The van der Waals surface area contributed by atoms with E-state index in [1.807, 2.05) is 11.0 Å². The highest BCUT2D eigenvalue weighted by Gasteiger charge is 2.30. The van der Waals surface area contributed by atoms with Gasteiger partial charge in [0.15, 0.2) is 11.6 Å². The van der Waals surface area contributed by atoms with Crippen molar-refractivity contribution in [3.8, 4) is 28.7 Å². The third-order valence-corrected chi connectivity index (χ3v) is 5.41. The zero-order valence-corrected chi connectivity index (χ0v) is 19.3. The lowest BCUT2D eigenvalue weighted by Crippen LogP contribution is -2.39. The molecule has 0 atom stereocenters. The molecule has 1 aliphatic heterocycles. The first-order valence-electron chi connectivity index (χ1n) is 11.2. The second-order valence-corrected chi connectivity index (χ2v) is 8.87. The van der Waals surface area contributed by atoms with Crippen molar-refractivity contribution < 1.29 is 20.1 Å². The van der Waals surface area contributed by atoms with Crippen LogP contribution in [0.1, 0.15) is 44.2 Å². The minimum absolute atomic E-state index is 0.0117. The molecule has 3 aromatic rings. The Balaban J connectivity index is 1.56. The fraction of sp³-hybridized carbons (Fsp3) is 0.360. The number of ether oxygens (including phenoxy) is 1. The number of hydrogen-bond acceptors (Lipinski definition) is 8. The number of hydrogen-bond donors (Lipinski definition) is 4. The van der Waals surface area contributed by atoms with E-state index in [1.165, 1.54) is 18.6 Å². The fourth-order valence-electron chi connectivity index (χ4n) is 3.63. The molecule has 1 fully saturated rings. The van der Waals surface area contributed by atoms with Crippen molar-refractivity contribution in [3.63, 3.8) is 0 Å². The predicted octanol–water partition coefficient (Wildman–Crippen LogP) is 1.95. The molecule has 0 radical (unpaired) electrons. The number of rotatable bonds is 5. The van der Waals surface area contributed by atoms with E-state index in [-0.39, 0.29) is 17.1 Å².